The number of rotatable bonds is 3. The average molecular weight is 387 g/mol. The molecule has 0 aromatic heterocycles. The van der Waals surface area contributed by atoms with Crippen molar-refractivity contribution >= 4 is 15.9 Å². The molecule has 1 aromatic carbocycles. The largest absolute Gasteiger partial charge is 0.454 e. The van der Waals surface area contributed by atoms with Crippen LogP contribution < -0.4 is 19.3 Å². The highest BCUT2D eigenvalue weighted by Crippen LogP contribution is 2.37. The van der Waals surface area contributed by atoms with Crippen LogP contribution in [-0.4, -0.2) is 59.4 Å². The van der Waals surface area contributed by atoms with Gasteiger partial charge in [0.25, 0.3) is 0 Å². The Balaban J connectivity index is 1.68. The molecule has 2 N–H and O–H groups in total. The molecule has 0 radical (unpaired) electrons. The van der Waals surface area contributed by atoms with E-state index < -0.39 is 0 Å². The van der Waals surface area contributed by atoms with E-state index in [1.807, 2.05) is 6.07 Å². The molecule has 0 bridgehead atoms. The van der Waals surface area contributed by atoms with Crippen molar-refractivity contribution in [1.82, 2.24) is 0 Å². The topological polar surface area (TPSA) is 45.8 Å². The minimum atomic E-state index is 0.310. The maximum atomic E-state index is 5.61. The Bertz CT molecular complexity index is 541. The molecule has 0 spiro atoms. The van der Waals surface area contributed by atoms with E-state index in [9.17, 15) is 0 Å². The van der Waals surface area contributed by atoms with Crippen molar-refractivity contribution in [2.24, 2.45) is 0 Å². The van der Waals surface area contributed by atoms with Gasteiger partial charge in [-0.15, -0.1) is 0 Å². The second-order valence-electron chi connectivity index (χ2n) is 6.20. The molecule has 3 aliphatic rings. The molecule has 0 amide bonds. The van der Waals surface area contributed by atoms with Crippen LogP contribution >= 0.6 is 15.9 Å². The van der Waals surface area contributed by atoms with E-state index >= 15 is 0 Å². The fraction of sp³-hybridized carbons (Fsp3) is 0.625. The highest BCUT2D eigenvalue weighted by atomic mass is 79.9. The van der Waals surface area contributed by atoms with E-state index in [-0.39, 0.29) is 0 Å². The molecule has 2 saturated heterocycles. The Labute approximate surface area is 144 Å². The first kappa shape index (κ1) is 15.7. The van der Waals surface area contributed by atoms with Gasteiger partial charge in [-0.1, -0.05) is 0 Å². The van der Waals surface area contributed by atoms with Crippen LogP contribution in [0.4, 0.5) is 0 Å². The highest BCUT2D eigenvalue weighted by molar-refractivity contribution is 9.10. The zero-order valence-electron chi connectivity index (χ0n) is 13.1. The number of quaternary nitrogens is 2. The Kier molecular flexibility index (Phi) is 4.73. The number of halogens is 1. The molecule has 3 aliphatic heterocycles. The van der Waals surface area contributed by atoms with Crippen molar-refractivity contribution in [1.29, 1.82) is 0 Å². The summed E-state index contributed by atoms with van der Waals surface area (Å²) in [7, 11) is 0. The molecule has 4 rings (SSSR count). The van der Waals surface area contributed by atoms with Gasteiger partial charge in [-0.3, -0.25) is 9.80 Å². The van der Waals surface area contributed by atoms with Gasteiger partial charge in [0.2, 0.25) is 13.0 Å². The highest BCUT2D eigenvalue weighted by Gasteiger charge is 2.38. The van der Waals surface area contributed by atoms with Gasteiger partial charge in [0, 0.05) is 10.5 Å². The van der Waals surface area contributed by atoms with Crippen LogP contribution in [0, 0.1) is 0 Å². The van der Waals surface area contributed by atoms with Crippen LogP contribution in [-0.2, 0) is 9.47 Å². The first-order chi connectivity index (χ1) is 11.3. The van der Waals surface area contributed by atoms with Crippen LogP contribution in [0.25, 0.3) is 0 Å². The van der Waals surface area contributed by atoms with Crippen molar-refractivity contribution in [3.8, 4) is 11.5 Å². The predicted molar refractivity (Wildman–Crippen MR) is 86.0 cm³/mol. The van der Waals surface area contributed by atoms with Crippen molar-refractivity contribution in [3.05, 3.63) is 22.2 Å². The Morgan fingerprint density at radius 3 is 1.91 bits per heavy atom. The van der Waals surface area contributed by atoms with Crippen LogP contribution in [0.2, 0.25) is 0 Å². The number of hydrogen-bond donors (Lipinski definition) is 2. The number of benzene rings is 1. The third-order valence-electron chi connectivity index (χ3n) is 4.89. The first-order valence-electron chi connectivity index (χ1n) is 8.26. The maximum absolute atomic E-state index is 5.61. The molecule has 1 aromatic rings. The van der Waals surface area contributed by atoms with Gasteiger partial charge in [0.1, 0.15) is 26.2 Å². The first-order valence-corrected chi connectivity index (χ1v) is 9.06. The lowest BCUT2D eigenvalue weighted by Crippen LogP contribution is -3.32. The van der Waals surface area contributed by atoms with E-state index in [0.717, 1.165) is 68.6 Å². The number of hydrogen-bond acceptors (Lipinski definition) is 4. The lowest BCUT2D eigenvalue weighted by Gasteiger charge is -2.37. The molecular formula is C16H23BrN2O4+2. The molecular weight excluding hydrogens is 364 g/mol. The van der Waals surface area contributed by atoms with E-state index in [0.29, 0.717) is 13.0 Å². The summed E-state index contributed by atoms with van der Waals surface area (Å²) in [6, 6.07) is 4.20. The molecule has 2 fully saturated rings. The summed E-state index contributed by atoms with van der Waals surface area (Å²) in [6.45, 7) is 7.79. The van der Waals surface area contributed by atoms with Crippen LogP contribution in [0.1, 0.15) is 11.7 Å². The second-order valence-corrected chi connectivity index (χ2v) is 7.06. The van der Waals surface area contributed by atoms with Crippen molar-refractivity contribution in [3.63, 3.8) is 0 Å². The number of ether oxygens (including phenoxy) is 4. The van der Waals surface area contributed by atoms with Crippen molar-refractivity contribution in [2.45, 2.75) is 6.17 Å². The van der Waals surface area contributed by atoms with Gasteiger partial charge in [-0.25, -0.2) is 0 Å². The van der Waals surface area contributed by atoms with Gasteiger partial charge in [-0.05, 0) is 22.0 Å². The lowest BCUT2D eigenvalue weighted by molar-refractivity contribution is -1.14. The number of nitrogens with one attached hydrogen (secondary N) is 2. The fourth-order valence-electron chi connectivity index (χ4n) is 3.73. The summed E-state index contributed by atoms with van der Waals surface area (Å²) >= 11 is 3.76. The molecule has 0 aliphatic carbocycles. The molecule has 6 nitrogen and oxygen atoms in total. The van der Waals surface area contributed by atoms with Crippen LogP contribution in [0.3, 0.4) is 0 Å². The third kappa shape index (κ3) is 3.21. The normalized spacial score (nSPS) is 22.7. The van der Waals surface area contributed by atoms with Crippen LogP contribution in [0.15, 0.2) is 16.6 Å². The third-order valence-corrected chi connectivity index (χ3v) is 5.58. The average Bonchev–Trinajstić information content (AvgIpc) is 3.04. The predicted octanol–water partition coefficient (Wildman–Crippen LogP) is -0.993. The lowest BCUT2D eigenvalue weighted by atomic mass is 10.1. The van der Waals surface area contributed by atoms with E-state index in [1.165, 1.54) is 5.56 Å². The fourth-order valence-corrected chi connectivity index (χ4v) is 4.28. The van der Waals surface area contributed by atoms with Gasteiger partial charge < -0.3 is 18.9 Å². The molecule has 0 saturated carbocycles. The summed E-state index contributed by atoms with van der Waals surface area (Å²) in [5, 5.41) is 0. The van der Waals surface area contributed by atoms with Gasteiger partial charge in [-0.2, -0.15) is 0 Å². The minimum Gasteiger partial charge on any atom is -0.454 e. The van der Waals surface area contributed by atoms with Gasteiger partial charge >= 0.3 is 0 Å². The Morgan fingerprint density at radius 2 is 1.35 bits per heavy atom. The summed E-state index contributed by atoms with van der Waals surface area (Å²) in [5.74, 6) is 1.68. The smallest absolute Gasteiger partial charge is 0.241 e. The molecule has 0 atom stereocenters. The van der Waals surface area contributed by atoms with E-state index in [4.69, 9.17) is 18.9 Å². The Hall–Kier alpha value is -0.860. The maximum Gasteiger partial charge on any atom is 0.241 e. The zero-order valence-corrected chi connectivity index (χ0v) is 14.7. The molecule has 126 valence electrons. The van der Waals surface area contributed by atoms with Crippen molar-refractivity contribution < 1.29 is 28.7 Å². The monoisotopic (exact) mass is 386 g/mol. The zero-order chi connectivity index (χ0) is 15.6. The Morgan fingerprint density at radius 1 is 0.826 bits per heavy atom. The van der Waals surface area contributed by atoms with Crippen molar-refractivity contribution in [2.75, 3.05) is 59.4 Å². The van der Waals surface area contributed by atoms with E-state index in [2.05, 4.69) is 22.0 Å². The van der Waals surface area contributed by atoms with Gasteiger partial charge in [0.15, 0.2) is 11.5 Å². The quantitative estimate of drug-likeness (QED) is 0.699. The molecule has 3 heterocycles. The van der Waals surface area contributed by atoms with Gasteiger partial charge in [0.05, 0.1) is 32.0 Å². The van der Waals surface area contributed by atoms with E-state index in [1.54, 1.807) is 9.80 Å². The number of fused-ring (bicyclic) bond motifs is 1. The summed E-state index contributed by atoms with van der Waals surface area (Å²) in [6.07, 6.45) is 0.367. The summed E-state index contributed by atoms with van der Waals surface area (Å²) < 4.78 is 23.3. The second kappa shape index (κ2) is 6.94. The molecule has 0 unspecified atom stereocenters. The standard InChI is InChI=1S/C16H21BrN2O4/c17-13-10-15-14(22-11-23-15)9-12(13)16(18-1-5-20-6-2-18)19-3-7-21-8-4-19/h9-10,16H,1-8,11H2/p+2. The summed E-state index contributed by atoms with van der Waals surface area (Å²) in [4.78, 5) is 3.15. The minimum absolute atomic E-state index is 0.310. The number of morpholine rings is 2. The van der Waals surface area contributed by atoms with Crippen LogP contribution in [0.5, 0.6) is 11.5 Å². The SMILES string of the molecule is Brc1cc2c(cc1C([NH+]1CCOCC1)[NH+]1CCOCC1)OCO2. The summed E-state index contributed by atoms with van der Waals surface area (Å²) in [5.41, 5.74) is 1.29. The molecule has 7 heteroatoms. The molecule has 23 heavy (non-hydrogen) atoms.